The SMILES string of the molecule is O=C(COc1ccccc1)NC1CCN(S(=O)(=O)c2ccc(Cl)cc2)CC1. The van der Waals surface area contributed by atoms with E-state index in [2.05, 4.69) is 5.32 Å². The van der Waals surface area contributed by atoms with Gasteiger partial charge in [-0.25, -0.2) is 8.42 Å². The van der Waals surface area contributed by atoms with Gasteiger partial charge in [0.05, 0.1) is 4.90 Å². The van der Waals surface area contributed by atoms with Crippen LogP contribution in [0.2, 0.25) is 5.02 Å². The second-order valence-corrected chi connectivity index (χ2v) is 8.68. The number of halogens is 1. The number of nitrogens with one attached hydrogen (secondary N) is 1. The average molecular weight is 409 g/mol. The fourth-order valence-electron chi connectivity index (χ4n) is 2.93. The summed E-state index contributed by atoms with van der Waals surface area (Å²) in [5.74, 6) is 0.425. The number of hydrogen-bond acceptors (Lipinski definition) is 4. The van der Waals surface area contributed by atoms with Crippen molar-refractivity contribution in [2.45, 2.75) is 23.8 Å². The average Bonchev–Trinajstić information content (AvgIpc) is 2.68. The lowest BCUT2D eigenvalue weighted by atomic mass is 10.1. The molecule has 1 heterocycles. The lowest BCUT2D eigenvalue weighted by Gasteiger charge is -2.31. The van der Waals surface area contributed by atoms with Gasteiger partial charge in [0, 0.05) is 24.2 Å². The highest BCUT2D eigenvalue weighted by Gasteiger charge is 2.29. The number of carbonyl (C=O) groups is 1. The third kappa shape index (κ3) is 5.22. The predicted molar refractivity (Wildman–Crippen MR) is 103 cm³/mol. The zero-order chi connectivity index (χ0) is 19.3. The summed E-state index contributed by atoms with van der Waals surface area (Å²) in [5.41, 5.74) is 0. The van der Waals surface area contributed by atoms with Crippen LogP contribution in [0, 0.1) is 0 Å². The molecule has 1 N–H and O–H groups in total. The van der Waals surface area contributed by atoms with Crippen molar-refractivity contribution < 1.29 is 17.9 Å². The third-order valence-corrected chi connectivity index (χ3v) is 6.55. The fraction of sp³-hybridized carbons (Fsp3) is 0.316. The van der Waals surface area contributed by atoms with Crippen LogP contribution in [0.15, 0.2) is 59.5 Å². The number of carbonyl (C=O) groups excluding carboxylic acids is 1. The van der Waals surface area contributed by atoms with Crippen molar-refractivity contribution in [1.29, 1.82) is 0 Å². The molecule has 1 aliphatic rings. The van der Waals surface area contributed by atoms with Gasteiger partial charge >= 0.3 is 0 Å². The van der Waals surface area contributed by atoms with Crippen LogP contribution in [0.1, 0.15) is 12.8 Å². The summed E-state index contributed by atoms with van der Waals surface area (Å²) < 4.78 is 32.2. The van der Waals surface area contributed by atoms with E-state index in [4.69, 9.17) is 16.3 Å². The standard InChI is InChI=1S/C19H21ClN2O4S/c20-15-6-8-18(9-7-15)27(24,25)22-12-10-16(11-13-22)21-19(23)14-26-17-4-2-1-3-5-17/h1-9,16H,10-14H2,(H,21,23). The summed E-state index contributed by atoms with van der Waals surface area (Å²) in [7, 11) is -3.54. The molecule has 1 amide bonds. The van der Waals surface area contributed by atoms with Crippen LogP contribution < -0.4 is 10.1 Å². The molecule has 1 fully saturated rings. The van der Waals surface area contributed by atoms with Gasteiger partial charge in [0.1, 0.15) is 5.75 Å². The molecule has 1 saturated heterocycles. The highest BCUT2D eigenvalue weighted by Crippen LogP contribution is 2.22. The maximum absolute atomic E-state index is 12.7. The maximum atomic E-state index is 12.7. The molecule has 1 aliphatic heterocycles. The Balaban J connectivity index is 1.48. The van der Waals surface area contributed by atoms with Gasteiger partial charge in [-0.05, 0) is 49.2 Å². The molecule has 0 saturated carbocycles. The van der Waals surface area contributed by atoms with Crippen LogP contribution in [-0.2, 0) is 14.8 Å². The van der Waals surface area contributed by atoms with Crippen molar-refractivity contribution in [3.63, 3.8) is 0 Å². The molecular formula is C19H21ClN2O4S. The van der Waals surface area contributed by atoms with Crippen LogP contribution in [-0.4, -0.2) is 44.4 Å². The summed E-state index contributed by atoms with van der Waals surface area (Å²) in [6, 6.07) is 15.2. The van der Waals surface area contributed by atoms with Crippen molar-refractivity contribution in [2.24, 2.45) is 0 Å². The number of hydrogen-bond donors (Lipinski definition) is 1. The normalized spacial score (nSPS) is 16.0. The molecule has 0 unspecified atom stereocenters. The van der Waals surface area contributed by atoms with Crippen LogP contribution >= 0.6 is 11.6 Å². The van der Waals surface area contributed by atoms with E-state index in [0.717, 1.165) is 0 Å². The molecule has 6 nitrogen and oxygen atoms in total. The Kier molecular flexibility index (Phi) is 6.36. The molecule has 0 aliphatic carbocycles. The van der Waals surface area contributed by atoms with E-state index >= 15 is 0 Å². The highest BCUT2D eigenvalue weighted by molar-refractivity contribution is 7.89. The minimum Gasteiger partial charge on any atom is -0.484 e. The number of rotatable bonds is 6. The molecule has 0 atom stereocenters. The number of sulfonamides is 1. The molecular weight excluding hydrogens is 388 g/mol. The first kappa shape index (κ1) is 19.7. The summed E-state index contributed by atoms with van der Waals surface area (Å²) in [6.07, 6.45) is 1.12. The monoisotopic (exact) mass is 408 g/mol. The number of para-hydroxylation sites is 1. The zero-order valence-electron chi connectivity index (χ0n) is 14.7. The Morgan fingerprint density at radius 3 is 2.33 bits per heavy atom. The summed E-state index contributed by atoms with van der Waals surface area (Å²) >= 11 is 5.82. The first-order chi connectivity index (χ1) is 12.9. The number of nitrogens with zero attached hydrogens (tertiary/aromatic N) is 1. The quantitative estimate of drug-likeness (QED) is 0.797. The molecule has 144 valence electrons. The van der Waals surface area contributed by atoms with Crippen molar-refractivity contribution in [3.05, 3.63) is 59.6 Å². The Hall–Kier alpha value is -2.09. The van der Waals surface area contributed by atoms with E-state index in [0.29, 0.717) is 36.7 Å². The first-order valence-corrected chi connectivity index (χ1v) is 10.5. The number of amides is 1. The van der Waals surface area contributed by atoms with E-state index in [1.165, 1.54) is 16.4 Å². The largest absolute Gasteiger partial charge is 0.484 e. The molecule has 0 radical (unpaired) electrons. The van der Waals surface area contributed by atoms with Gasteiger partial charge in [0.2, 0.25) is 10.0 Å². The molecule has 0 aromatic heterocycles. The van der Waals surface area contributed by atoms with Crippen LogP contribution in [0.4, 0.5) is 0 Å². The predicted octanol–water partition coefficient (Wildman–Crippen LogP) is 2.69. The van der Waals surface area contributed by atoms with E-state index in [1.54, 1.807) is 24.3 Å². The summed E-state index contributed by atoms with van der Waals surface area (Å²) in [5, 5.41) is 3.40. The summed E-state index contributed by atoms with van der Waals surface area (Å²) in [6.45, 7) is 0.651. The lowest BCUT2D eigenvalue weighted by molar-refractivity contribution is -0.124. The van der Waals surface area contributed by atoms with Gasteiger partial charge in [-0.2, -0.15) is 4.31 Å². The van der Waals surface area contributed by atoms with Gasteiger partial charge < -0.3 is 10.1 Å². The molecule has 0 bridgehead atoms. The van der Waals surface area contributed by atoms with Crippen molar-refractivity contribution in [2.75, 3.05) is 19.7 Å². The third-order valence-electron chi connectivity index (χ3n) is 4.38. The summed E-state index contributed by atoms with van der Waals surface area (Å²) in [4.78, 5) is 12.3. The molecule has 27 heavy (non-hydrogen) atoms. The van der Waals surface area contributed by atoms with Gasteiger partial charge in [0.25, 0.3) is 5.91 Å². The number of benzene rings is 2. The first-order valence-electron chi connectivity index (χ1n) is 8.68. The maximum Gasteiger partial charge on any atom is 0.258 e. The topological polar surface area (TPSA) is 75.7 Å². The van der Waals surface area contributed by atoms with E-state index < -0.39 is 10.0 Å². The van der Waals surface area contributed by atoms with Crippen molar-refractivity contribution in [3.8, 4) is 5.75 Å². The molecule has 8 heteroatoms. The van der Waals surface area contributed by atoms with Crippen molar-refractivity contribution >= 4 is 27.5 Å². The molecule has 2 aromatic carbocycles. The minimum absolute atomic E-state index is 0.0615. The smallest absolute Gasteiger partial charge is 0.258 e. The Morgan fingerprint density at radius 1 is 1.07 bits per heavy atom. The Labute approximate surface area is 164 Å². The van der Waals surface area contributed by atoms with Crippen molar-refractivity contribution in [1.82, 2.24) is 9.62 Å². The van der Waals surface area contributed by atoms with Crippen LogP contribution in [0.3, 0.4) is 0 Å². The highest BCUT2D eigenvalue weighted by atomic mass is 35.5. The zero-order valence-corrected chi connectivity index (χ0v) is 16.2. The van der Waals surface area contributed by atoms with E-state index in [-0.39, 0.29) is 23.5 Å². The van der Waals surface area contributed by atoms with Crippen LogP contribution in [0.5, 0.6) is 5.75 Å². The van der Waals surface area contributed by atoms with Gasteiger partial charge in [-0.15, -0.1) is 0 Å². The van der Waals surface area contributed by atoms with Crippen LogP contribution in [0.25, 0.3) is 0 Å². The minimum atomic E-state index is -3.54. The molecule has 0 spiro atoms. The Morgan fingerprint density at radius 2 is 1.70 bits per heavy atom. The second kappa shape index (κ2) is 8.73. The Bertz CT molecular complexity index is 864. The molecule has 2 aromatic rings. The number of ether oxygens (including phenoxy) is 1. The molecule has 3 rings (SSSR count). The lowest BCUT2D eigenvalue weighted by Crippen LogP contribution is -2.47. The number of piperidine rings is 1. The van der Waals surface area contributed by atoms with E-state index in [9.17, 15) is 13.2 Å². The van der Waals surface area contributed by atoms with Gasteiger partial charge in [-0.3, -0.25) is 4.79 Å². The van der Waals surface area contributed by atoms with Gasteiger partial charge in [0.15, 0.2) is 6.61 Å². The van der Waals surface area contributed by atoms with E-state index in [1.807, 2.05) is 18.2 Å². The van der Waals surface area contributed by atoms with Gasteiger partial charge in [-0.1, -0.05) is 29.8 Å². The fourth-order valence-corrected chi connectivity index (χ4v) is 4.53. The second-order valence-electron chi connectivity index (χ2n) is 6.30.